The van der Waals surface area contributed by atoms with Crippen molar-refractivity contribution in [3.8, 4) is 5.75 Å². The lowest BCUT2D eigenvalue weighted by Gasteiger charge is -2.41. The Bertz CT molecular complexity index is 546. The van der Waals surface area contributed by atoms with Crippen molar-refractivity contribution in [3.05, 3.63) is 29.3 Å². The molecule has 0 bridgehead atoms. The molecule has 0 unspecified atom stereocenters. The molecule has 2 fully saturated rings. The molecule has 1 atom stereocenters. The van der Waals surface area contributed by atoms with E-state index in [2.05, 4.69) is 10.2 Å². The molecule has 1 N–H and O–H groups in total. The first-order valence-electron chi connectivity index (χ1n) is 9.20. The van der Waals surface area contributed by atoms with Crippen LogP contribution in [-0.4, -0.2) is 38.2 Å². The summed E-state index contributed by atoms with van der Waals surface area (Å²) in [5.41, 5.74) is 0.137. The zero-order chi connectivity index (χ0) is 17.9. The van der Waals surface area contributed by atoms with Crippen molar-refractivity contribution >= 4 is 0 Å². The number of rotatable bonds is 4. The summed E-state index contributed by atoms with van der Waals surface area (Å²) in [6.45, 7) is 3.53. The van der Waals surface area contributed by atoms with Gasteiger partial charge in [-0.1, -0.05) is 19.3 Å². The van der Waals surface area contributed by atoms with Gasteiger partial charge in [0.05, 0.1) is 12.7 Å². The SMILES string of the molecule is COc1cc([C@H](C2CCCCC2)N2CCNCC2)cc(C(F)(F)F)c1. The van der Waals surface area contributed by atoms with Crippen LogP contribution in [0.15, 0.2) is 18.2 Å². The molecule has 0 amide bonds. The van der Waals surface area contributed by atoms with E-state index in [1.807, 2.05) is 0 Å². The van der Waals surface area contributed by atoms with Gasteiger partial charge in [-0.2, -0.15) is 13.2 Å². The lowest BCUT2D eigenvalue weighted by atomic mass is 9.79. The van der Waals surface area contributed by atoms with Crippen molar-refractivity contribution in [2.45, 2.75) is 44.3 Å². The van der Waals surface area contributed by atoms with E-state index in [-0.39, 0.29) is 6.04 Å². The minimum atomic E-state index is -4.36. The van der Waals surface area contributed by atoms with Crippen LogP contribution in [0, 0.1) is 5.92 Å². The van der Waals surface area contributed by atoms with Crippen molar-refractivity contribution < 1.29 is 17.9 Å². The lowest BCUT2D eigenvalue weighted by Crippen LogP contribution is -2.47. The van der Waals surface area contributed by atoms with E-state index in [1.54, 1.807) is 6.07 Å². The van der Waals surface area contributed by atoms with Crippen LogP contribution < -0.4 is 10.1 Å². The summed E-state index contributed by atoms with van der Waals surface area (Å²) < 4.78 is 45.2. The number of ether oxygens (including phenoxy) is 1. The summed E-state index contributed by atoms with van der Waals surface area (Å²) in [7, 11) is 1.43. The highest BCUT2D eigenvalue weighted by Crippen LogP contribution is 2.41. The molecule has 1 heterocycles. The van der Waals surface area contributed by atoms with Crippen molar-refractivity contribution in [3.63, 3.8) is 0 Å². The Labute approximate surface area is 147 Å². The van der Waals surface area contributed by atoms with Crippen molar-refractivity contribution in [2.24, 2.45) is 5.92 Å². The van der Waals surface area contributed by atoms with Crippen LogP contribution in [0.1, 0.15) is 49.3 Å². The van der Waals surface area contributed by atoms with Gasteiger partial charge in [-0.25, -0.2) is 0 Å². The maximum absolute atomic E-state index is 13.4. The number of piperazine rings is 1. The molecule has 25 heavy (non-hydrogen) atoms. The summed E-state index contributed by atoms with van der Waals surface area (Å²) >= 11 is 0. The second-order valence-electron chi connectivity index (χ2n) is 7.12. The largest absolute Gasteiger partial charge is 0.497 e. The minimum absolute atomic E-state index is 0.0404. The molecule has 1 aliphatic carbocycles. The van der Waals surface area contributed by atoms with E-state index in [9.17, 15) is 13.2 Å². The van der Waals surface area contributed by atoms with Crippen molar-refractivity contribution in [2.75, 3.05) is 33.3 Å². The van der Waals surface area contributed by atoms with E-state index in [0.717, 1.165) is 50.7 Å². The number of halogens is 3. The number of methoxy groups -OCH3 is 1. The van der Waals surface area contributed by atoms with E-state index in [1.165, 1.54) is 32.4 Å². The van der Waals surface area contributed by atoms with E-state index in [4.69, 9.17) is 4.74 Å². The Morgan fingerprint density at radius 2 is 1.76 bits per heavy atom. The quantitative estimate of drug-likeness (QED) is 0.873. The summed E-state index contributed by atoms with van der Waals surface area (Å²) in [6.07, 6.45) is 1.40. The van der Waals surface area contributed by atoms with Crippen LogP contribution in [0.2, 0.25) is 0 Å². The number of hydrogen-bond donors (Lipinski definition) is 1. The number of alkyl halides is 3. The van der Waals surface area contributed by atoms with E-state index in [0.29, 0.717) is 11.7 Å². The third-order valence-corrected chi connectivity index (χ3v) is 5.47. The van der Waals surface area contributed by atoms with Crippen LogP contribution in [0.4, 0.5) is 13.2 Å². The summed E-state index contributed by atoms with van der Waals surface area (Å²) in [4.78, 5) is 2.36. The van der Waals surface area contributed by atoms with Crippen LogP contribution in [0.3, 0.4) is 0 Å². The monoisotopic (exact) mass is 356 g/mol. The molecule has 0 aromatic heterocycles. The number of nitrogens with zero attached hydrogens (tertiary/aromatic N) is 1. The summed E-state index contributed by atoms with van der Waals surface area (Å²) in [5, 5.41) is 3.34. The molecule has 140 valence electrons. The fourth-order valence-electron chi connectivity index (χ4n) is 4.27. The highest BCUT2D eigenvalue weighted by molar-refractivity contribution is 5.38. The topological polar surface area (TPSA) is 24.5 Å². The molecular formula is C19H27F3N2O. The third-order valence-electron chi connectivity index (χ3n) is 5.47. The summed E-state index contributed by atoms with van der Waals surface area (Å²) in [6, 6.07) is 4.28. The fraction of sp³-hybridized carbons (Fsp3) is 0.684. The molecule has 1 aliphatic heterocycles. The highest BCUT2D eigenvalue weighted by atomic mass is 19.4. The number of hydrogen-bond acceptors (Lipinski definition) is 3. The van der Waals surface area contributed by atoms with Gasteiger partial charge in [0.1, 0.15) is 5.75 Å². The molecular weight excluding hydrogens is 329 g/mol. The normalized spacial score (nSPS) is 21.9. The molecule has 1 saturated carbocycles. The molecule has 2 aliphatic rings. The fourth-order valence-corrected chi connectivity index (χ4v) is 4.27. The standard InChI is InChI=1S/C19H27F3N2O/c1-25-17-12-15(11-16(13-17)19(20,21)22)18(14-5-3-2-4-6-14)24-9-7-23-8-10-24/h11-14,18,23H,2-10H2,1H3/t18-/m0/s1. The number of nitrogens with one attached hydrogen (secondary N) is 1. The zero-order valence-corrected chi connectivity index (χ0v) is 14.7. The van der Waals surface area contributed by atoms with Gasteiger partial charge in [0.15, 0.2) is 0 Å². The first kappa shape index (κ1) is 18.5. The Morgan fingerprint density at radius 1 is 1.08 bits per heavy atom. The molecule has 3 rings (SSSR count). The van der Waals surface area contributed by atoms with Crippen LogP contribution >= 0.6 is 0 Å². The van der Waals surface area contributed by atoms with Gasteiger partial charge < -0.3 is 10.1 Å². The first-order chi connectivity index (χ1) is 12.0. The lowest BCUT2D eigenvalue weighted by molar-refractivity contribution is -0.137. The van der Waals surface area contributed by atoms with Crippen LogP contribution in [0.5, 0.6) is 5.75 Å². The average molecular weight is 356 g/mol. The Morgan fingerprint density at radius 3 is 2.36 bits per heavy atom. The molecule has 0 radical (unpaired) electrons. The third kappa shape index (κ3) is 4.47. The van der Waals surface area contributed by atoms with Gasteiger partial charge in [0, 0.05) is 32.2 Å². The van der Waals surface area contributed by atoms with Crippen LogP contribution in [0.25, 0.3) is 0 Å². The smallest absolute Gasteiger partial charge is 0.416 e. The maximum Gasteiger partial charge on any atom is 0.416 e. The molecule has 3 nitrogen and oxygen atoms in total. The van der Waals surface area contributed by atoms with Gasteiger partial charge in [0.2, 0.25) is 0 Å². The van der Waals surface area contributed by atoms with Gasteiger partial charge in [-0.15, -0.1) is 0 Å². The van der Waals surface area contributed by atoms with E-state index >= 15 is 0 Å². The Balaban J connectivity index is 1.98. The van der Waals surface area contributed by atoms with Crippen molar-refractivity contribution in [1.82, 2.24) is 10.2 Å². The summed E-state index contributed by atoms with van der Waals surface area (Å²) in [5.74, 6) is 0.709. The predicted molar refractivity (Wildman–Crippen MR) is 91.8 cm³/mol. The second-order valence-corrected chi connectivity index (χ2v) is 7.12. The van der Waals surface area contributed by atoms with Gasteiger partial charge in [0.25, 0.3) is 0 Å². The second kappa shape index (κ2) is 7.96. The minimum Gasteiger partial charge on any atom is -0.497 e. The first-order valence-corrected chi connectivity index (χ1v) is 9.20. The molecule has 0 spiro atoms. The van der Waals surface area contributed by atoms with E-state index < -0.39 is 11.7 Å². The van der Waals surface area contributed by atoms with Gasteiger partial charge >= 0.3 is 6.18 Å². The zero-order valence-electron chi connectivity index (χ0n) is 14.7. The molecule has 6 heteroatoms. The average Bonchev–Trinajstić information content (AvgIpc) is 2.63. The Kier molecular flexibility index (Phi) is 5.89. The maximum atomic E-state index is 13.4. The highest BCUT2D eigenvalue weighted by Gasteiger charge is 2.35. The number of benzene rings is 1. The van der Waals surface area contributed by atoms with Gasteiger partial charge in [-0.3, -0.25) is 4.90 Å². The predicted octanol–water partition coefficient (Wildman–Crippen LogP) is 4.24. The Hall–Kier alpha value is -1.27. The van der Waals surface area contributed by atoms with Crippen molar-refractivity contribution in [1.29, 1.82) is 0 Å². The molecule has 1 aromatic carbocycles. The van der Waals surface area contributed by atoms with Crippen LogP contribution in [-0.2, 0) is 6.18 Å². The molecule has 1 aromatic rings. The van der Waals surface area contributed by atoms with Gasteiger partial charge in [-0.05, 0) is 42.5 Å². The molecule has 1 saturated heterocycles.